The van der Waals surface area contributed by atoms with E-state index < -0.39 is 92.5 Å². The van der Waals surface area contributed by atoms with Crippen molar-refractivity contribution in [3.05, 3.63) is 0 Å². The molecule has 0 aliphatic carbocycles. The van der Waals surface area contributed by atoms with Gasteiger partial charge in [0.05, 0.1) is 0 Å². The van der Waals surface area contributed by atoms with Crippen LogP contribution in [0.15, 0.2) is 0 Å². The van der Waals surface area contributed by atoms with Crippen molar-refractivity contribution in [2.24, 2.45) is 0 Å². The molecule has 0 bridgehead atoms. The van der Waals surface area contributed by atoms with Crippen LogP contribution in [0.5, 0.6) is 0 Å². The smallest absolute Gasteiger partial charge is 0.304 e. The molecule has 0 aromatic rings. The number of likely N-dealkylation sites (N-methyl/N-ethyl adjacent to an activating group) is 1. The van der Waals surface area contributed by atoms with Crippen molar-refractivity contribution < 1.29 is 73.5 Å². The van der Waals surface area contributed by atoms with Gasteiger partial charge in [-0.25, -0.2) is 25.3 Å². The van der Waals surface area contributed by atoms with Gasteiger partial charge in [0, 0.05) is 26.2 Å². The first-order valence-corrected chi connectivity index (χ1v) is 12.2. The van der Waals surface area contributed by atoms with Crippen molar-refractivity contribution in [2.45, 2.75) is 27.9 Å². The van der Waals surface area contributed by atoms with Crippen LogP contribution in [0.25, 0.3) is 0 Å². The van der Waals surface area contributed by atoms with Crippen LogP contribution in [0.3, 0.4) is 0 Å². The Hall–Kier alpha value is -1.04. The first-order valence-electron chi connectivity index (χ1n) is 7.74. The molecule has 1 fully saturated rings. The minimum absolute atomic E-state index is 0.402. The van der Waals surface area contributed by atoms with Crippen LogP contribution in [-0.2, 0) is 30.1 Å². The maximum atomic E-state index is 14.1. The predicted octanol–water partition coefficient (Wildman–Crippen LogP) is 0.789. The molecule has 0 amide bonds. The van der Waals surface area contributed by atoms with E-state index in [0.717, 1.165) is 0 Å². The van der Waals surface area contributed by atoms with Crippen molar-refractivity contribution in [2.75, 3.05) is 33.2 Å². The molecule has 0 saturated carbocycles. The van der Waals surface area contributed by atoms with Crippen molar-refractivity contribution in [3.8, 4) is 0 Å². The fourth-order valence-corrected chi connectivity index (χ4v) is 5.97. The number of piperazine rings is 1. The van der Waals surface area contributed by atoms with E-state index in [1.54, 1.807) is 0 Å². The van der Waals surface area contributed by atoms with E-state index in [2.05, 4.69) is 0 Å². The van der Waals surface area contributed by atoms with Gasteiger partial charge >= 0.3 is 37.9 Å². The zero-order valence-corrected chi connectivity index (χ0v) is 18.0. The Balaban J connectivity index is 3.54. The van der Waals surface area contributed by atoms with Crippen LogP contribution in [0.2, 0.25) is 0 Å². The lowest BCUT2D eigenvalue weighted by Gasteiger charge is -2.39. The lowest BCUT2D eigenvalue weighted by Crippen LogP contribution is -2.69. The number of alkyl halides is 11. The Morgan fingerprint density at radius 3 is 1.33 bits per heavy atom. The molecule has 0 atom stereocenters. The van der Waals surface area contributed by atoms with E-state index in [-0.39, 0.29) is 0 Å². The highest BCUT2D eigenvalue weighted by Crippen LogP contribution is 2.56. The molecule has 1 heterocycles. The summed E-state index contributed by atoms with van der Waals surface area (Å²) in [5.41, 5.74) is -6.75. The molecular formula is C10H12F11N3O6S3. The van der Waals surface area contributed by atoms with Gasteiger partial charge in [0.1, 0.15) is 0 Å². The highest BCUT2D eigenvalue weighted by Gasteiger charge is 2.88. The van der Waals surface area contributed by atoms with Gasteiger partial charge in [-0.05, 0) is 7.05 Å². The number of halogens is 11. The van der Waals surface area contributed by atoms with Gasteiger partial charge in [-0.15, -0.1) is 0 Å². The zero-order chi connectivity index (χ0) is 26.7. The van der Waals surface area contributed by atoms with E-state index in [1.807, 2.05) is 0 Å². The summed E-state index contributed by atoms with van der Waals surface area (Å²) in [6.07, 6.45) is 0. The van der Waals surface area contributed by atoms with E-state index in [0.29, 0.717) is 0 Å². The van der Waals surface area contributed by atoms with Gasteiger partial charge in [-0.2, -0.15) is 52.6 Å². The average Bonchev–Trinajstić information content (AvgIpc) is 2.59. The molecule has 0 unspecified atom stereocenters. The lowest BCUT2D eigenvalue weighted by molar-refractivity contribution is -0.326. The van der Waals surface area contributed by atoms with Crippen LogP contribution in [0.4, 0.5) is 48.3 Å². The molecule has 23 heteroatoms. The second-order valence-electron chi connectivity index (χ2n) is 6.43. The minimum atomic E-state index is -8.05. The number of nitrogens with zero attached hydrogens (tertiary/aromatic N) is 2. The van der Waals surface area contributed by atoms with Crippen LogP contribution in [0.1, 0.15) is 0 Å². The SMILES string of the molecule is CN1CCN(S(=O)(=O)C(F)(F)C(F)(F)C(F)(F)C(F)(F)S(=O)(=O)NS(=O)(=O)C(F)(F)F)CC1. The average molecular weight is 575 g/mol. The number of hydrogen-bond acceptors (Lipinski definition) is 7. The van der Waals surface area contributed by atoms with Crippen molar-refractivity contribution in [3.63, 3.8) is 0 Å². The third-order valence-electron chi connectivity index (χ3n) is 4.11. The summed E-state index contributed by atoms with van der Waals surface area (Å²) >= 11 is 0. The Labute approximate surface area is 178 Å². The number of hydrogen-bond donors (Lipinski definition) is 1. The molecule has 33 heavy (non-hydrogen) atoms. The number of nitrogens with one attached hydrogen (secondary N) is 1. The summed E-state index contributed by atoms with van der Waals surface area (Å²) in [6, 6.07) is 0. The maximum absolute atomic E-state index is 14.1. The Kier molecular flexibility index (Phi) is 7.52. The zero-order valence-electron chi connectivity index (χ0n) is 15.6. The van der Waals surface area contributed by atoms with Gasteiger partial charge < -0.3 is 4.90 Å². The minimum Gasteiger partial charge on any atom is -0.304 e. The van der Waals surface area contributed by atoms with Gasteiger partial charge in [0.2, 0.25) is 0 Å². The quantitative estimate of drug-likeness (QED) is 0.425. The van der Waals surface area contributed by atoms with Crippen LogP contribution < -0.4 is 4.13 Å². The molecule has 0 radical (unpaired) electrons. The second kappa shape index (κ2) is 8.27. The molecule has 0 aromatic heterocycles. The topological polar surface area (TPSA) is 121 Å². The van der Waals surface area contributed by atoms with Crippen LogP contribution >= 0.6 is 0 Å². The normalized spacial score (nSPS) is 19.6. The lowest BCUT2D eigenvalue weighted by atomic mass is 10.2. The first-order chi connectivity index (χ1) is 14.2. The molecular weight excluding hydrogens is 563 g/mol. The van der Waals surface area contributed by atoms with E-state index in [9.17, 15) is 73.5 Å². The van der Waals surface area contributed by atoms with Gasteiger partial charge in [-0.1, -0.05) is 4.13 Å². The molecule has 0 aromatic carbocycles. The number of rotatable bonds is 8. The summed E-state index contributed by atoms with van der Waals surface area (Å²) in [4.78, 5) is 1.27. The van der Waals surface area contributed by atoms with Crippen molar-refractivity contribution >= 4 is 30.1 Å². The Morgan fingerprint density at radius 1 is 0.606 bits per heavy atom. The molecule has 0 spiro atoms. The summed E-state index contributed by atoms with van der Waals surface area (Å²) < 4.78 is 213. The third kappa shape index (κ3) is 4.62. The van der Waals surface area contributed by atoms with Gasteiger partial charge in [-0.3, -0.25) is 0 Å². The summed E-state index contributed by atoms with van der Waals surface area (Å²) in [7, 11) is -21.1. The standard InChI is InChI=1S/C10H12F11N3O6S3/c1-23-2-4-24(5-3-23)33(29,30)9(17,18)7(13,14)6(11,12)8(15,16)31(25,26)22-32(27,28)10(19,20)21/h22H,2-5H2,1H3. The molecule has 1 N–H and O–H groups in total. The van der Waals surface area contributed by atoms with E-state index in [4.69, 9.17) is 0 Å². The van der Waals surface area contributed by atoms with Crippen LogP contribution in [-0.4, -0.2) is 95.5 Å². The second-order valence-corrected chi connectivity index (χ2v) is 12.1. The molecule has 1 saturated heterocycles. The van der Waals surface area contributed by atoms with E-state index >= 15 is 0 Å². The third-order valence-corrected chi connectivity index (χ3v) is 9.36. The fraction of sp³-hybridized carbons (Fsp3) is 1.00. The fourth-order valence-electron chi connectivity index (χ4n) is 2.13. The Bertz CT molecular complexity index is 1060. The maximum Gasteiger partial charge on any atom is 0.512 e. The highest BCUT2D eigenvalue weighted by molar-refractivity contribution is 8.05. The summed E-state index contributed by atoms with van der Waals surface area (Å²) in [5, 5.41) is -14.8. The highest BCUT2D eigenvalue weighted by atomic mass is 32.3. The van der Waals surface area contributed by atoms with Crippen molar-refractivity contribution in [1.29, 1.82) is 0 Å². The van der Waals surface area contributed by atoms with Gasteiger partial charge in [0.15, 0.2) is 0 Å². The first kappa shape index (κ1) is 30.0. The van der Waals surface area contributed by atoms with Crippen molar-refractivity contribution in [1.82, 2.24) is 13.3 Å². The molecule has 9 nitrogen and oxygen atoms in total. The van der Waals surface area contributed by atoms with E-state index in [1.165, 1.54) is 11.9 Å². The summed E-state index contributed by atoms with van der Waals surface area (Å²) in [5.74, 6) is -15.8. The number of sulfonamides is 3. The molecule has 1 aliphatic rings. The molecule has 1 rings (SSSR count). The van der Waals surface area contributed by atoms with Gasteiger partial charge in [0.25, 0.3) is 20.0 Å². The predicted molar refractivity (Wildman–Crippen MR) is 84.8 cm³/mol. The Morgan fingerprint density at radius 2 is 0.970 bits per heavy atom. The van der Waals surface area contributed by atoms with Crippen LogP contribution in [0, 0.1) is 0 Å². The largest absolute Gasteiger partial charge is 0.512 e. The molecule has 198 valence electrons. The molecule has 1 aliphatic heterocycles. The summed E-state index contributed by atoms with van der Waals surface area (Å²) in [6.45, 7) is -2.81. The monoisotopic (exact) mass is 575 g/mol.